The van der Waals surface area contributed by atoms with E-state index in [1.807, 2.05) is 49.4 Å². The minimum absolute atomic E-state index is 0.0333. The third kappa shape index (κ3) is 5.08. The first kappa shape index (κ1) is 21.8. The Balaban J connectivity index is 1.30. The SMILES string of the molecule is COc1ccc(-c2noc(CN3CCC(C(=O)Nc4cc(C)ccc4OC)CC3)n2)cc1. The average Bonchev–Trinajstić information content (AvgIpc) is 3.28. The molecule has 4 rings (SSSR count). The first-order chi connectivity index (χ1) is 15.6. The van der Waals surface area contributed by atoms with Crippen LogP contribution in [-0.2, 0) is 11.3 Å². The molecule has 1 fully saturated rings. The standard InChI is InChI=1S/C24H28N4O4/c1-16-4-9-21(31-3)20(14-16)25-24(29)18-10-12-28(13-11-18)15-22-26-23(27-32-22)17-5-7-19(30-2)8-6-17/h4-9,14,18H,10-13,15H2,1-3H3,(H,25,29). The van der Waals surface area contributed by atoms with Gasteiger partial charge in [-0.3, -0.25) is 9.69 Å². The van der Waals surface area contributed by atoms with Gasteiger partial charge < -0.3 is 19.3 Å². The number of likely N-dealkylation sites (tertiary alicyclic amines) is 1. The molecule has 32 heavy (non-hydrogen) atoms. The zero-order valence-corrected chi connectivity index (χ0v) is 18.6. The van der Waals surface area contributed by atoms with Gasteiger partial charge in [0.1, 0.15) is 11.5 Å². The number of rotatable bonds is 7. The fraction of sp³-hybridized carbons (Fsp3) is 0.375. The zero-order chi connectivity index (χ0) is 22.5. The maximum Gasteiger partial charge on any atom is 0.241 e. The number of amides is 1. The van der Waals surface area contributed by atoms with Gasteiger partial charge in [-0.1, -0.05) is 11.2 Å². The van der Waals surface area contributed by atoms with E-state index in [2.05, 4.69) is 20.4 Å². The van der Waals surface area contributed by atoms with Crippen LogP contribution in [0.15, 0.2) is 47.0 Å². The number of nitrogens with one attached hydrogen (secondary N) is 1. The molecule has 1 N–H and O–H groups in total. The third-order valence-corrected chi connectivity index (χ3v) is 5.75. The molecule has 8 nitrogen and oxygen atoms in total. The van der Waals surface area contributed by atoms with Crippen LogP contribution in [0, 0.1) is 12.8 Å². The van der Waals surface area contributed by atoms with E-state index in [9.17, 15) is 4.79 Å². The van der Waals surface area contributed by atoms with Crippen LogP contribution in [0.1, 0.15) is 24.3 Å². The molecular formula is C24H28N4O4. The highest BCUT2D eigenvalue weighted by Gasteiger charge is 2.26. The van der Waals surface area contributed by atoms with E-state index in [0.717, 1.165) is 48.5 Å². The van der Waals surface area contributed by atoms with Crippen LogP contribution in [0.3, 0.4) is 0 Å². The van der Waals surface area contributed by atoms with Crippen molar-refractivity contribution in [2.24, 2.45) is 5.92 Å². The third-order valence-electron chi connectivity index (χ3n) is 5.75. The van der Waals surface area contributed by atoms with Gasteiger partial charge in [-0.15, -0.1) is 0 Å². The molecule has 0 radical (unpaired) electrons. The summed E-state index contributed by atoms with van der Waals surface area (Å²) in [5.74, 6) is 2.59. The van der Waals surface area contributed by atoms with Crippen molar-refractivity contribution in [2.75, 3.05) is 32.6 Å². The Morgan fingerprint density at radius 2 is 1.88 bits per heavy atom. The van der Waals surface area contributed by atoms with Crippen molar-refractivity contribution in [1.82, 2.24) is 15.0 Å². The molecule has 1 saturated heterocycles. The number of methoxy groups -OCH3 is 2. The van der Waals surface area contributed by atoms with E-state index in [0.29, 0.717) is 24.0 Å². The molecule has 1 aliphatic heterocycles. The lowest BCUT2D eigenvalue weighted by atomic mass is 9.95. The van der Waals surface area contributed by atoms with Crippen LogP contribution in [0.4, 0.5) is 5.69 Å². The van der Waals surface area contributed by atoms with Crippen LogP contribution in [0.2, 0.25) is 0 Å². The van der Waals surface area contributed by atoms with Crippen LogP contribution >= 0.6 is 0 Å². The number of anilines is 1. The number of aryl methyl sites for hydroxylation is 1. The Kier molecular flexibility index (Phi) is 6.70. The summed E-state index contributed by atoms with van der Waals surface area (Å²) in [5.41, 5.74) is 2.67. The second-order valence-electron chi connectivity index (χ2n) is 7.98. The van der Waals surface area contributed by atoms with Gasteiger partial charge in [0.2, 0.25) is 17.6 Å². The lowest BCUT2D eigenvalue weighted by molar-refractivity contribution is -0.121. The average molecular weight is 437 g/mol. The van der Waals surface area contributed by atoms with Crippen molar-refractivity contribution in [2.45, 2.75) is 26.3 Å². The van der Waals surface area contributed by atoms with Crippen molar-refractivity contribution >= 4 is 11.6 Å². The van der Waals surface area contributed by atoms with Gasteiger partial charge in [0, 0.05) is 11.5 Å². The molecule has 0 spiro atoms. The quantitative estimate of drug-likeness (QED) is 0.600. The minimum atomic E-state index is -0.0333. The Morgan fingerprint density at radius 1 is 1.12 bits per heavy atom. The molecular weight excluding hydrogens is 408 g/mol. The predicted octanol–water partition coefficient (Wildman–Crippen LogP) is 3.91. The Morgan fingerprint density at radius 3 is 2.56 bits per heavy atom. The van der Waals surface area contributed by atoms with E-state index in [1.54, 1.807) is 14.2 Å². The van der Waals surface area contributed by atoms with Gasteiger partial charge in [0.25, 0.3) is 0 Å². The summed E-state index contributed by atoms with van der Waals surface area (Å²) in [6, 6.07) is 13.3. The van der Waals surface area contributed by atoms with Crippen molar-refractivity contribution in [3.05, 3.63) is 53.9 Å². The van der Waals surface area contributed by atoms with E-state index in [-0.39, 0.29) is 11.8 Å². The van der Waals surface area contributed by atoms with Gasteiger partial charge in [-0.2, -0.15) is 4.98 Å². The number of aromatic nitrogens is 2. The van der Waals surface area contributed by atoms with Gasteiger partial charge in [0.05, 0.1) is 26.5 Å². The van der Waals surface area contributed by atoms with Gasteiger partial charge >= 0.3 is 0 Å². The fourth-order valence-corrected chi connectivity index (χ4v) is 3.88. The number of piperidine rings is 1. The molecule has 0 saturated carbocycles. The van der Waals surface area contributed by atoms with E-state index >= 15 is 0 Å². The van der Waals surface area contributed by atoms with E-state index in [4.69, 9.17) is 14.0 Å². The monoisotopic (exact) mass is 436 g/mol. The second kappa shape index (κ2) is 9.82. The fourth-order valence-electron chi connectivity index (χ4n) is 3.88. The molecule has 8 heteroatoms. The molecule has 1 aliphatic rings. The summed E-state index contributed by atoms with van der Waals surface area (Å²) in [6.45, 7) is 4.15. The molecule has 0 bridgehead atoms. The van der Waals surface area contributed by atoms with Crippen molar-refractivity contribution in [3.63, 3.8) is 0 Å². The van der Waals surface area contributed by atoms with Crippen molar-refractivity contribution in [3.8, 4) is 22.9 Å². The normalized spacial score (nSPS) is 14.8. The molecule has 0 aliphatic carbocycles. The number of nitrogens with zero attached hydrogens (tertiary/aromatic N) is 3. The van der Waals surface area contributed by atoms with Crippen LogP contribution in [0.25, 0.3) is 11.4 Å². The zero-order valence-electron chi connectivity index (χ0n) is 18.6. The Labute approximate surface area is 187 Å². The number of hydrogen-bond donors (Lipinski definition) is 1. The molecule has 2 aromatic carbocycles. The van der Waals surface area contributed by atoms with Crippen LogP contribution in [-0.4, -0.2) is 48.3 Å². The van der Waals surface area contributed by atoms with Gasteiger partial charge in [-0.25, -0.2) is 0 Å². The smallest absolute Gasteiger partial charge is 0.241 e. The summed E-state index contributed by atoms with van der Waals surface area (Å²) in [4.78, 5) is 19.5. The highest BCUT2D eigenvalue weighted by molar-refractivity contribution is 5.94. The number of benzene rings is 2. The highest BCUT2D eigenvalue weighted by atomic mass is 16.5. The maximum absolute atomic E-state index is 12.8. The lowest BCUT2D eigenvalue weighted by Gasteiger charge is -2.30. The summed E-state index contributed by atoms with van der Waals surface area (Å²) < 4.78 is 16.0. The molecule has 3 aromatic rings. The molecule has 168 valence electrons. The summed E-state index contributed by atoms with van der Waals surface area (Å²) in [7, 11) is 3.24. The minimum Gasteiger partial charge on any atom is -0.497 e. The largest absolute Gasteiger partial charge is 0.497 e. The highest BCUT2D eigenvalue weighted by Crippen LogP contribution is 2.28. The van der Waals surface area contributed by atoms with Crippen molar-refractivity contribution in [1.29, 1.82) is 0 Å². The molecule has 0 unspecified atom stereocenters. The van der Waals surface area contributed by atoms with Crippen LogP contribution < -0.4 is 14.8 Å². The summed E-state index contributed by atoms with van der Waals surface area (Å²) in [5, 5.41) is 7.13. The Hall–Kier alpha value is -3.39. The lowest BCUT2D eigenvalue weighted by Crippen LogP contribution is -2.37. The van der Waals surface area contributed by atoms with Crippen LogP contribution in [0.5, 0.6) is 11.5 Å². The number of hydrogen-bond acceptors (Lipinski definition) is 7. The molecule has 0 atom stereocenters. The number of carbonyl (C=O) groups excluding carboxylic acids is 1. The second-order valence-corrected chi connectivity index (χ2v) is 7.98. The number of ether oxygens (including phenoxy) is 2. The number of carbonyl (C=O) groups is 1. The van der Waals surface area contributed by atoms with E-state index in [1.165, 1.54) is 0 Å². The molecule has 1 aromatic heterocycles. The summed E-state index contributed by atoms with van der Waals surface area (Å²) in [6.07, 6.45) is 1.55. The van der Waals surface area contributed by atoms with E-state index < -0.39 is 0 Å². The molecule has 2 heterocycles. The Bertz CT molecular complexity index is 1060. The van der Waals surface area contributed by atoms with Gasteiger partial charge in [0.15, 0.2) is 0 Å². The van der Waals surface area contributed by atoms with Gasteiger partial charge in [-0.05, 0) is 74.8 Å². The maximum atomic E-state index is 12.8. The summed E-state index contributed by atoms with van der Waals surface area (Å²) >= 11 is 0. The first-order valence-corrected chi connectivity index (χ1v) is 10.7. The van der Waals surface area contributed by atoms with Crippen molar-refractivity contribution < 1.29 is 18.8 Å². The molecule has 1 amide bonds. The topological polar surface area (TPSA) is 89.7 Å². The predicted molar refractivity (Wildman–Crippen MR) is 121 cm³/mol. The first-order valence-electron chi connectivity index (χ1n) is 10.7.